The van der Waals surface area contributed by atoms with E-state index in [0.717, 1.165) is 18.0 Å². The number of aryl methyl sites for hydroxylation is 1. The maximum atomic E-state index is 15.3. The minimum atomic E-state index is -0.832. The molecule has 0 aliphatic carbocycles. The fraction of sp³-hybridized carbons (Fsp3) is 0.368. The van der Waals surface area contributed by atoms with Gasteiger partial charge in [-0.3, -0.25) is 10.1 Å². The molecule has 4 rings (SSSR count). The summed E-state index contributed by atoms with van der Waals surface area (Å²) >= 11 is 0. The highest BCUT2D eigenvalue weighted by Gasteiger charge is 2.25. The predicted molar refractivity (Wildman–Crippen MR) is 104 cm³/mol. The van der Waals surface area contributed by atoms with Crippen LogP contribution in [-0.4, -0.2) is 51.5 Å². The van der Waals surface area contributed by atoms with Crippen LogP contribution in [0.1, 0.15) is 24.4 Å². The van der Waals surface area contributed by atoms with E-state index in [9.17, 15) is 8.78 Å². The number of H-pyrrole nitrogens is 1. The first-order valence-electron chi connectivity index (χ1n) is 9.42. The molecule has 0 aromatic carbocycles. The molecule has 3 aromatic heterocycles. The maximum Gasteiger partial charge on any atom is 0.207 e. The molecular weight excluding hydrogens is 399 g/mol. The quantitative estimate of drug-likeness (QED) is 0.657. The number of anilines is 2. The molecule has 30 heavy (non-hydrogen) atoms. The summed E-state index contributed by atoms with van der Waals surface area (Å²) in [6.45, 7) is 5.24. The summed E-state index contributed by atoms with van der Waals surface area (Å²) in [5.41, 5.74) is 1.19. The van der Waals surface area contributed by atoms with E-state index >= 15 is 4.39 Å². The zero-order valence-electron chi connectivity index (χ0n) is 16.4. The molecule has 0 unspecified atom stereocenters. The minimum Gasteiger partial charge on any atom is -0.378 e. The van der Waals surface area contributed by atoms with Crippen molar-refractivity contribution in [3.05, 3.63) is 47.2 Å². The molecule has 8 nitrogen and oxygen atoms in total. The highest BCUT2D eigenvalue weighted by atomic mass is 19.1. The predicted octanol–water partition coefficient (Wildman–Crippen LogP) is 3.00. The van der Waals surface area contributed by atoms with Gasteiger partial charge < -0.3 is 15.0 Å². The molecular formula is C19H20F3N7O. The zero-order chi connectivity index (χ0) is 21.3. The number of hydrogen-bond donors (Lipinski definition) is 2. The smallest absolute Gasteiger partial charge is 0.207 e. The molecule has 1 saturated heterocycles. The molecule has 2 N–H and O–H groups in total. The Labute approximate surface area is 170 Å². The van der Waals surface area contributed by atoms with Crippen LogP contribution in [0.15, 0.2) is 18.3 Å². The number of morpholine rings is 1. The van der Waals surface area contributed by atoms with Crippen LogP contribution in [0.4, 0.5) is 24.8 Å². The van der Waals surface area contributed by atoms with Gasteiger partial charge in [0.2, 0.25) is 5.82 Å². The van der Waals surface area contributed by atoms with Crippen LogP contribution < -0.4 is 10.2 Å². The van der Waals surface area contributed by atoms with E-state index in [-0.39, 0.29) is 23.2 Å². The molecule has 1 atom stereocenters. The second kappa shape index (κ2) is 8.27. The number of hydrogen-bond acceptors (Lipinski definition) is 7. The Balaban J connectivity index is 1.73. The van der Waals surface area contributed by atoms with Gasteiger partial charge in [0.1, 0.15) is 17.3 Å². The number of nitrogens with zero attached hydrogens (tertiary/aromatic N) is 5. The van der Waals surface area contributed by atoms with Crippen molar-refractivity contribution in [1.29, 1.82) is 0 Å². The average molecular weight is 419 g/mol. The van der Waals surface area contributed by atoms with Crippen molar-refractivity contribution in [2.75, 3.05) is 36.5 Å². The van der Waals surface area contributed by atoms with Gasteiger partial charge >= 0.3 is 0 Å². The molecule has 1 aliphatic heterocycles. The maximum absolute atomic E-state index is 15.3. The number of ether oxygens (including phenoxy) is 1. The SMILES string of the molecule is Cc1cc(-c2nc(N[C@@H](C)c3ncc(F)cc3F)c(F)c(N3CCOCC3)n2)n[nH]1. The van der Waals surface area contributed by atoms with Crippen LogP contribution in [0.5, 0.6) is 0 Å². The lowest BCUT2D eigenvalue weighted by Crippen LogP contribution is -2.37. The fourth-order valence-electron chi connectivity index (χ4n) is 3.18. The number of aromatic nitrogens is 5. The van der Waals surface area contributed by atoms with Crippen LogP contribution in [0, 0.1) is 24.4 Å². The summed E-state index contributed by atoms with van der Waals surface area (Å²) in [5.74, 6) is -2.11. The Morgan fingerprint density at radius 1 is 1.17 bits per heavy atom. The number of aromatic amines is 1. The van der Waals surface area contributed by atoms with Crippen molar-refractivity contribution in [3.8, 4) is 11.5 Å². The first-order chi connectivity index (χ1) is 14.4. The number of halogens is 3. The Morgan fingerprint density at radius 2 is 1.93 bits per heavy atom. The zero-order valence-corrected chi connectivity index (χ0v) is 16.4. The second-order valence-corrected chi connectivity index (χ2v) is 6.96. The molecule has 3 aromatic rings. The normalized spacial score (nSPS) is 15.3. The molecule has 0 saturated carbocycles. The molecule has 0 spiro atoms. The topological polar surface area (TPSA) is 91.8 Å². The molecule has 158 valence electrons. The van der Waals surface area contributed by atoms with E-state index in [4.69, 9.17) is 4.74 Å². The fourth-order valence-corrected chi connectivity index (χ4v) is 3.18. The largest absolute Gasteiger partial charge is 0.378 e. The van der Waals surface area contributed by atoms with E-state index < -0.39 is 23.5 Å². The third-order valence-corrected chi connectivity index (χ3v) is 4.68. The summed E-state index contributed by atoms with van der Waals surface area (Å²) in [6.07, 6.45) is 0.907. The van der Waals surface area contributed by atoms with Crippen LogP contribution >= 0.6 is 0 Å². The lowest BCUT2D eigenvalue weighted by molar-refractivity contribution is 0.122. The molecule has 11 heteroatoms. The standard InChI is InChI=1S/C19H20F3N7O/c1-10-7-14(28-27-10)17-25-18(15(22)19(26-17)29-3-5-30-6-4-29)24-11(2)16-13(21)8-12(20)9-23-16/h7-9,11H,3-6H2,1-2H3,(H,27,28)(H,24,25,26)/t11-/m0/s1. The van der Waals surface area contributed by atoms with Gasteiger partial charge in [-0.25, -0.2) is 18.7 Å². The molecule has 4 heterocycles. The third-order valence-electron chi connectivity index (χ3n) is 4.68. The van der Waals surface area contributed by atoms with Crippen molar-refractivity contribution >= 4 is 11.6 Å². The second-order valence-electron chi connectivity index (χ2n) is 6.96. The monoisotopic (exact) mass is 419 g/mol. The Hall–Kier alpha value is -3.21. The van der Waals surface area contributed by atoms with Crippen molar-refractivity contribution in [1.82, 2.24) is 25.1 Å². The van der Waals surface area contributed by atoms with Crippen molar-refractivity contribution in [2.45, 2.75) is 19.9 Å². The Kier molecular flexibility index (Phi) is 5.53. The van der Waals surface area contributed by atoms with Crippen molar-refractivity contribution < 1.29 is 17.9 Å². The van der Waals surface area contributed by atoms with Gasteiger partial charge in [-0.15, -0.1) is 0 Å². The summed E-state index contributed by atoms with van der Waals surface area (Å²) in [7, 11) is 0. The molecule has 0 amide bonds. The van der Waals surface area contributed by atoms with Crippen LogP contribution in [-0.2, 0) is 4.74 Å². The number of rotatable bonds is 5. The van der Waals surface area contributed by atoms with E-state index in [0.29, 0.717) is 32.0 Å². The number of nitrogens with one attached hydrogen (secondary N) is 2. The van der Waals surface area contributed by atoms with Gasteiger partial charge in [0, 0.05) is 24.8 Å². The van der Waals surface area contributed by atoms with Gasteiger partial charge in [-0.05, 0) is 19.9 Å². The molecule has 1 fully saturated rings. The lowest BCUT2D eigenvalue weighted by Gasteiger charge is -2.29. The highest BCUT2D eigenvalue weighted by Crippen LogP contribution is 2.29. The van der Waals surface area contributed by atoms with Gasteiger partial charge in [0.05, 0.1) is 31.1 Å². The average Bonchev–Trinajstić information content (AvgIpc) is 3.16. The van der Waals surface area contributed by atoms with Gasteiger partial charge in [-0.1, -0.05) is 0 Å². The van der Waals surface area contributed by atoms with Gasteiger partial charge in [0.15, 0.2) is 17.5 Å². The van der Waals surface area contributed by atoms with E-state index in [1.807, 2.05) is 6.92 Å². The lowest BCUT2D eigenvalue weighted by atomic mass is 10.2. The van der Waals surface area contributed by atoms with Crippen LogP contribution in [0.3, 0.4) is 0 Å². The highest BCUT2D eigenvalue weighted by molar-refractivity contribution is 5.61. The van der Waals surface area contributed by atoms with E-state index in [1.54, 1.807) is 17.9 Å². The Bertz CT molecular complexity index is 1050. The molecule has 0 bridgehead atoms. The van der Waals surface area contributed by atoms with Crippen molar-refractivity contribution in [3.63, 3.8) is 0 Å². The Morgan fingerprint density at radius 3 is 2.60 bits per heavy atom. The minimum absolute atomic E-state index is 0.0560. The first-order valence-corrected chi connectivity index (χ1v) is 9.42. The van der Waals surface area contributed by atoms with Crippen molar-refractivity contribution in [2.24, 2.45) is 0 Å². The first kappa shape index (κ1) is 20.1. The van der Waals surface area contributed by atoms with E-state index in [1.165, 1.54) is 0 Å². The summed E-state index contributed by atoms with van der Waals surface area (Å²) in [5, 5.41) is 9.79. The third kappa shape index (κ3) is 4.06. The van der Waals surface area contributed by atoms with Crippen LogP contribution in [0.2, 0.25) is 0 Å². The van der Waals surface area contributed by atoms with E-state index in [2.05, 4.69) is 30.5 Å². The summed E-state index contributed by atoms with van der Waals surface area (Å²) in [6, 6.07) is 1.69. The van der Waals surface area contributed by atoms with Gasteiger partial charge in [-0.2, -0.15) is 9.49 Å². The summed E-state index contributed by atoms with van der Waals surface area (Å²) in [4.78, 5) is 14.2. The number of pyridine rings is 1. The van der Waals surface area contributed by atoms with Crippen LogP contribution in [0.25, 0.3) is 11.5 Å². The summed E-state index contributed by atoms with van der Waals surface area (Å²) < 4.78 is 48.0. The molecule has 1 aliphatic rings. The molecule has 0 radical (unpaired) electrons. The van der Waals surface area contributed by atoms with Gasteiger partial charge in [0.25, 0.3) is 0 Å².